The monoisotopic (exact) mass is 638 g/mol. The van der Waals surface area contributed by atoms with Crippen LogP contribution in [0.25, 0.3) is 22.5 Å². The number of nitrogens with two attached hydrogens (primary N) is 2. The molecule has 14 heteroatoms. The second-order valence-electron chi connectivity index (χ2n) is 10.9. The lowest BCUT2D eigenvalue weighted by atomic mass is 9.81. The second kappa shape index (κ2) is 14.1. The third kappa shape index (κ3) is 7.47. The minimum Gasteiger partial charge on any atom is -0.368 e. The molecule has 0 aliphatic heterocycles. The molecule has 1 aliphatic rings. The van der Waals surface area contributed by atoms with Gasteiger partial charge in [0.1, 0.15) is 6.04 Å². The maximum absolute atomic E-state index is 14.1. The van der Waals surface area contributed by atoms with E-state index in [1.54, 1.807) is 36.5 Å². The van der Waals surface area contributed by atoms with E-state index in [2.05, 4.69) is 25.6 Å². The van der Waals surface area contributed by atoms with Crippen molar-refractivity contribution >= 4 is 39.7 Å². The number of aromatic nitrogens is 5. The van der Waals surface area contributed by atoms with Crippen molar-refractivity contribution in [2.75, 3.05) is 17.7 Å². The van der Waals surface area contributed by atoms with E-state index in [4.69, 9.17) is 11.5 Å². The number of benzene rings is 2. The number of hydrogen-bond donors (Lipinski definition) is 3. The minimum atomic E-state index is -3.41. The fourth-order valence-corrected chi connectivity index (χ4v) is 6.11. The largest absolute Gasteiger partial charge is 0.368 e. The summed E-state index contributed by atoms with van der Waals surface area (Å²) < 4.78 is 24.0. The number of carbonyl (C=O) groups excluding carboxylic acids is 2. The molecule has 2 heterocycles. The van der Waals surface area contributed by atoms with Crippen LogP contribution in [0.5, 0.6) is 0 Å². The zero-order valence-corrected chi connectivity index (χ0v) is 25.8. The first-order chi connectivity index (χ1) is 20.6. The van der Waals surface area contributed by atoms with Gasteiger partial charge in [-0.05, 0) is 84.8 Å². The lowest BCUT2D eigenvalue weighted by molar-refractivity contribution is -0.127. The van der Waals surface area contributed by atoms with Crippen LogP contribution in [0.3, 0.4) is 0 Å². The molecule has 2 aromatic carbocycles. The number of carbonyl (C=O) groups is 2. The summed E-state index contributed by atoms with van der Waals surface area (Å²) in [6, 6.07) is 15.0. The molecule has 0 unspecified atom stereocenters. The minimum absolute atomic E-state index is 0. The molecule has 0 spiro atoms. The molecule has 1 fully saturated rings. The van der Waals surface area contributed by atoms with E-state index in [9.17, 15) is 18.0 Å². The number of halogens is 1. The van der Waals surface area contributed by atoms with Crippen LogP contribution in [0.4, 0.5) is 5.69 Å². The molecule has 232 valence electrons. The summed E-state index contributed by atoms with van der Waals surface area (Å²) >= 11 is 0. The van der Waals surface area contributed by atoms with Gasteiger partial charge in [0.25, 0.3) is 0 Å². The first-order valence-electron chi connectivity index (χ1n) is 14.0. The van der Waals surface area contributed by atoms with E-state index < -0.39 is 21.8 Å². The summed E-state index contributed by atoms with van der Waals surface area (Å²) in [6.07, 6.45) is 7.33. The van der Waals surface area contributed by atoms with Crippen molar-refractivity contribution in [3.05, 3.63) is 72.6 Å². The summed E-state index contributed by atoms with van der Waals surface area (Å²) in [7, 11) is -3.41. The number of aromatic amines is 1. The summed E-state index contributed by atoms with van der Waals surface area (Å²) in [5, 5.41) is 14.0. The Balaban J connectivity index is 0.00000442. The van der Waals surface area contributed by atoms with Gasteiger partial charge < -0.3 is 11.5 Å². The third-order valence-electron chi connectivity index (χ3n) is 8.01. The highest BCUT2D eigenvalue weighted by Gasteiger charge is 2.36. The third-order valence-corrected chi connectivity index (χ3v) is 9.09. The zero-order chi connectivity index (χ0) is 30.6. The highest BCUT2D eigenvalue weighted by atomic mass is 35.5. The Morgan fingerprint density at radius 3 is 2.20 bits per heavy atom. The first kappa shape index (κ1) is 32.7. The normalized spacial score (nSPS) is 17.3. The number of nitrogens with one attached hydrogen (secondary N) is 1. The summed E-state index contributed by atoms with van der Waals surface area (Å²) in [6.45, 7) is 0.594. The number of rotatable bonds is 10. The average Bonchev–Trinajstić information content (AvgIpc) is 3.56. The van der Waals surface area contributed by atoms with E-state index in [-0.39, 0.29) is 35.5 Å². The van der Waals surface area contributed by atoms with Crippen LogP contribution in [0, 0.1) is 11.8 Å². The van der Waals surface area contributed by atoms with E-state index in [0.29, 0.717) is 47.9 Å². The topological polar surface area (TPSA) is 191 Å². The highest BCUT2D eigenvalue weighted by Crippen LogP contribution is 2.33. The molecule has 5 rings (SSSR count). The van der Waals surface area contributed by atoms with Crippen molar-refractivity contribution in [3.8, 4) is 22.5 Å². The van der Waals surface area contributed by atoms with Gasteiger partial charge in [-0.2, -0.15) is 5.21 Å². The van der Waals surface area contributed by atoms with Crippen LogP contribution < -0.4 is 16.4 Å². The molecule has 2 amide bonds. The molecule has 2 aromatic heterocycles. The SMILES string of the molecule is CS(=O)(=O)c1cncc(-c2ccc(C[C@@H](C(N)=O)N(C(=O)C3CCC(CN)CC3)c3ccc(-c4nn[nH]n4)cc3)cc2)c1.Cl. The van der Waals surface area contributed by atoms with Crippen LogP contribution in [-0.2, 0) is 25.8 Å². The Morgan fingerprint density at radius 1 is 0.977 bits per heavy atom. The van der Waals surface area contributed by atoms with Gasteiger partial charge in [0.2, 0.25) is 17.6 Å². The van der Waals surface area contributed by atoms with Gasteiger partial charge >= 0.3 is 0 Å². The molecule has 1 atom stereocenters. The number of hydrogen-bond acceptors (Lipinski definition) is 9. The summed E-state index contributed by atoms with van der Waals surface area (Å²) in [5.74, 6) is -0.218. The maximum atomic E-state index is 14.1. The van der Waals surface area contributed by atoms with Gasteiger partial charge in [-0.25, -0.2) is 8.42 Å². The zero-order valence-electron chi connectivity index (χ0n) is 24.2. The Kier molecular flexibility index (Phi) is 10.4. The van der Waals surface area contributed by atoms with Crippen LogP contribution >= 0.6 is 12.4 Å². The van der Waals surface area contributed by atoms with Crippen molar-refractivity contribution in [2.24, 2.45) is 23.3 Å². The van der Waals surface area contributed by atoms with Gasteiger partial charge in [0, 0.05) is 47.8 Å². The molecule has 0 bridgehead atoms. The van der Waals surface area contributed by atoms with Crippen molar-refractivity contribution in [2.45, 2.75) is 43.0 Å². The van der Waals surface area contributed by atoms with Gasteiger partial charge in [-0.3, -0.25) is 19.5 Å². The molecule has 0 radical (unpaired) electrons. The molecule has 44 heavy (non-hydrogen) atoms. The molecular formula is C30H35ClN8O4S. The molecule has 4 aromatic rings. The number of H-pyrrole nitrogens is 1. The second-order valence-corrected chi connectivity index (χ2v) is 13.0. The molecule has 1 saturated carbocycles. The Hall–Kier alpha value is -4.20. The fraction of sp³-hybridized carbons (Fsp3) is 0.333. The van der Waals surface area contributed by atoms with Crippen molar-refractivity contribution in [3.63, 3.8) is 0 Å². The summed E-state index contributed by atoms with van der Waals surface area (Å²) in [4.78, 5) is 32.8. The number of sulfone groups is 1. The number of anilines is 1. The van der Waals surface area contributed by atoms with Crippen molar-refractivity contribution < 1.29 is 18.0 Å². The summed E-state index contributed by atoms with van der Waals surface area (Å²) in [5.41, 5.74) is 15.3. The molecular weight excluding hydrogens is 604 g/mol. The predicted octanol–water partition coefficient (Wildman–Crippen LogP) is 2.95. The van der Waals surface area contributed by atoms with E-state index in [1.807, 2.05) is 24.3 Å². The Labute approximate surface area is 262 Å². The number of tetrazole rings is 1. The first-order valence-corrected chi connectivity index (χ1v) is 15.9. The van der Waals surface area contributed by atoms with E-state index in [0.717, 1.165) is 30.2 Å². The molecule has 1 aliphatic carbocycles. The fourth-order valence-electron chi connectivity index (χ4n) is 5.51. The van der Waals surface area contributed by atoms with Gasteiger partial charge in [-0.15, -0.1) is 22.6 Å². The Morgan fingerprint density at radius 2 is 1.64 bits per heavy atom. The standard InChI is InChI=1S/C30H34N8O4S.ClH/c1-43(41,42)26-15-24(17-33-18-26)21-6-2-19(3-7-21)14-27(28(32)39)38(30(40)23-8-4-20(16-31)5-9-23)25-12-10-22(11-13-25)29-34-36-37-35-29;/h2-3,6-7,10-13,15,17-18,20,23,27H,4-5,8-9,14,16,31H2,1H3,(H2,32,39)(H,34,35,36,37);1H/t20?,23?,27-;/m0./s1. The quantitative estimate of drug-likeness (QED) is 0.234. The van der Waals surface area contributed by atoms with Crippen LogP contribution in [0.2, 0.25) is 0 Å². The molecule has 12 nitrogen and oxygen atoms in total. The van der Waals surface area contributed by atoms with Gasteiger partial charge in [0.15, 0.2) is 9.84 Å². The highest BCUT2D eigenvalue weighted by molar-refractivity contribution is 7.90. The molecule has 5 N–H and O–H groups in total. The van der Waals surface area contributed by atoms with Crippen LogP contribution in [0.1, 0.15) is 31.2 Å². The van der Waals surface area contributed by atoms with Crippen LogP contribution in [-0.4, -0.2) is 64.7 Å². The van der Waals surface area contributed by atoms with Gasteiger partial charge in [-0.1, -0.05) is 24.3 Å². The van der Waals surface area contributed by atoms with Crippen molar-refractivity contribution in [1.82, 2.24) is 25.6 Å². The molecule has 0 saturated heterocycles. The lowest BCUT2D eigenvalue weighted by Crippen LogP contribution is -2.52. The number of amides is 2. The number of nitrogens with zero attached hydrogens (tertiary/aromatic N) is 5. The van der Waals surface area contributed by atoms with Crippen LogP contribution in [0.15, 0.2) is 71.9 Å². The van der Waals surface area contributed by atoms with Crippen molar-refractivity contribution in [1.29, 1.82) is 0 Å². The average molecular weight is 639 g/mol. The number of pyridine rings is 1. The Bertz CT molecular complexity index is 1670. The lowest BCUT2D eigenvalue weighted by Gasteiger charge is -2.35. The number of primary amides is 1. The predicted molar refractivity (Wildman–Crippen MR) is 168 cm³/mol. The van der Waals surface area contributed by atoms with E-state index in [1.165, 1.54) is 11.1 Å². The maximum Gasteiger partial charge on any atom is 0.240 e. The van der Waals surface area contributed by atoms with E-state index >= 15 is 0 Å². The van der Waals surface area contributed by atoms with Gasteiger partial charge in [0.05, 0.1) is 4.90 Å². The smallest absolute Gasteiger partial charge is 0.240 e.